The van der Waals surface area contributed by atoms with E-state index in [2.05, 4.69) is 37.8 Å². The van der Waals surface area contributed by atoms with E-state index in [0.717, 1.165) is 54.6 Å². The quantitative estimate of drug-likeness (QED) is 0.162. The van der Waals surface area contributed by atoms with E-state index in [1.165, 1.54) is 25.5 Å². The fraction of sp³-hybridized carbons (Fsp3) is 0.412. The van der Waals surface area contributed by atoms with Crippen molar-refractivity contribution in [3.8, 4) is 16.9 Å². The van der Waals surface area contributed by atoms with Crippen molar-refractivity contribution in [2.24, 2.45) is 0 Å². The van der Waals surface area contributed by atoms with Crippen molar-refractivity contribution in [2.75, 3.05) is 32.8 Å². The normalized spacial score (nSPS) is 11.6. The number of phenols is 1. The number of rotatable bonds is 14. The smallest absolute Gasteiger partial charge is 0.129 e. The van der Waals surface area contributed by atoms with Gasteiger partial charge in [-0.15, -0.1) is 0 Å². The van der Waals surface area contributed by atoms with E-state index in [4.69, 9.17) is 4.74 Å². The number of aromatic hydroxyl groups is 1. The third-order valence-electron chi connectivity index (χ3n) is 6.68. The highest BCUT2D eigenvalue weighted by molar-refractivity contribution is 5.93. The molecule has 2 N–H and O–H groups in total. The summed E-state index contributed by atoms with van der Waals surface area (Å²) in [5, 5.41) is 21.3. The van der Waals surface area contributed by atoms with E-state index in [1.807, 2.05) is 43.3 Å². The minimum atomic E-state index is -0.402. The van der Waals surface area contributed by atoms with Gasteiger partial charge in [0.05, 0.1) is 19.8 Å². The summed E-state index contributed by atoms with van der Waals surface area (Å²) >= 11 is 0. The number of likely N-dealkylation sites (N-methyl/N-ethyl adjacent to an activating group) is 1. The van der Waals surface area contributed by atoms with Gasteiger partial charge in [-0.05, 0) is 84.9 Å². The number of ether oxygens (including phenoxy) is 1. The number of benzene rings is 3. The zero-order valence-electron chi connectivity index (χ0n) is 24.1. The Balaban J connectivity index is 0.000000326. The molecule has 212 valence electrons. The van der Waals surface area contributed by atoms with Gasteiger partial charge in [-0.25, -0.2) is 4.39 Å². The second kappa shape index (κ2) is 18.3. The molecule has 0 saturated heterocycles. The molecule has 0 unspecified atom stereocenters. The minimum Gasteiger partial charge on any atom is -0.508 e. The SMILES string of the molecule is C/C=C\COCCN(CC)CCCC.CC/C=C/Cc1c(-c2cccc(F)c2CO)ccc2cc(O)ccc12. The van der Waals surface area contributed by atoms with Crippen LogP contribution < -0.4 is 0 Å². The summed E-state index contributed by atoms with van der Waals surface area (Å²) in [5.74, 6) is -0.182. The maximum absolute atomic E-state index is 14.1. The van der Waals surface area contributed by atoms with Crippen LogP contribution in [-0.2, 0) is 17.8 Å². The summed E-state index contributed by atoms with van der Waals surface area (Å²) in [5.41, 5.74) is 2.98. The first kappa shape index (κ1) is 32.2. The molecule has 0 fully saturated rings. The fourth-order valence-electron chi connectivity index (χ4n) is 4.44. The van der Waals surface area contributed by atoms with Gasteiger partial charge in [-0.1, -0.05) is 81.8 Å². The number of unbranched alkanes of at least 4 members (excludes halogenated alkanes) is 1. The van der Waals surface area contributed by atoms with Crippen LogP contribution in [0.2, 0.25) is 0 Å². The maximum Gasteiger partial charge on any atom is 0.129 e. The number of hydrogen-bond donors (Lipinski definition) is 2. The highest BCUT2D eigenvalue weighted by Crippen LogP contribution is 2.35. The van der Waals surface area contributed by atoms with Crippen LogP contribution in [0.1, 0.15) is 58.1 Å². The fourth-order valence-corrected chi connectivity index (χ4v) is 4.44. The lowest BCUT2D eigenvalue weighted by Gasteiger charge is -2.19. The van der Waals surface area contributed by atoms with E-state index < -0.39 is 5.82 Å². The van der Waals surface area contributed by atoms with Crippen molar-refractivity contribution in [3.63, 3.8) is 0 Å². The molecule has 0 aromatic heterocycles. The van der Waals surface area contributed by atoms with E-state index in [1.54, 1.807) is 18.2 Å². The molecule has 3 aromatic carbocycles. The van der Waals surface area contributed by atoms with Gasteiger partial charge < -0.3 is 19.8 Å². The van der Waals surface area contributed by atoms with Crippen LogP contribution in [0.15, 0.2) is 72.8 Å². The topological polar surface area (TPSA) is 52.9 Å². The number of phenolic OH excluding ortho intramolecular Hbond substituents is 1. The van der Waals surface area contributed by atoms with Gasteiger partial charge in [0, 0.05) is 12.1 Å². The highest BCUT2D eigenvalue weighted by Gasteiger charge is 2.14. The Kier molecular flexibility index (Phi) is 15.1. The van der Waals surface area contributed by atoms with Crippen LogP contribution in [0.3, 0.4) is 0 Å². The molecule has 0 spiro atoms. The van der Waals surface area contributed by atoms with Crippen LogP contribution in [0.4, 0.5) is 4.39 Å². The van der Waals surface area contributed by atoms with Gasteiger partial charge >= 0.3 is 0 Å². The Labute approximate surface area is 234 Å². The molecule has 0 saturated carbocycles. The van der Waals surface area contributed by atoms with Gasteiger partial charge in [-0.2, -0.15) is 0 Å². The Hall–Kier alpha value is -2.99. The van der Waals surface area contributed by atoms with Gasteiger partial charge in [-0.3, -0.25) is 0 Å². The Morgan fingerprint density at radius 1 is 0.923 bits per heavy atom. The van der Waals surface area contributed by atoms with E-state index in [-0.39, 0.29) is 12.4 Å². The van der Waals surface area contributed by atoms with Crippen LogP contribution in [-0.4, -0.2) is 48.0 Å². The number of aliphatic hydroxyl groups excluding tert-OH is 1. The van der Waals surface area contributed by atoms with Crippen molar-refractivity contribution in [3.05, 3.63) is 89.8 Å². The molecule has 0 heterocycles. The largest absolute Gasteiger partial charge is 0.508 e. The Bertz CT molecular complexity index is 1190. The number of hydrogen-bond acceptors (Lipinski definition) is 4. The molecule has 0 amide bonds. The van der Waals surface area contributed by atoms with Crippen LogP contribution >= 0.6 is 0 Å². The Morgan fingerprint density at radius 2 is 1.72 bits per heavy atom. The van der Waals surface area contributed by atoms with E-state index in [0.29, 0.717) is 17.5 Å². The van der Waals surface area contributed by atoms with Crippen molar-refractivity contribution in [1.82, 2.24) is 4.90 Å². The van der Waals surface area contributed by atoms with Crippen LogP contribution in [0, 0.1) is 5.82 Å². The molecule has 4 nitrogen and oxygen atoms in total. The van der Waals surface area contributed by atoms with Crippen LogP contribution in [0.25, 0.3) is 21.9 Å². The van der Waals surface area contributed by atoms with Crippen molar-refractivity contribution < 1.29 is 19.3 Å². The minimum absolute atomic E-state index is 0.220. The van der Waals surface area contributed by atoms with E-state index in [9.17, 15) is 14.6 Å². The monoisotopic (exact) mass is 535 g/mol. The van der Waals surface area contributed by atoms with Crippen molar-refractivity contribution in [1.29, 1.82) is 0 Å². The zero-order valence-corrected chi connectivity index (χ0v) is 24.1. The second-order valence-electron chi connectivity index (χ2n) is 9.44. The maximum atomic E-state index is 14.1. The predicted octanol–water partition coefficient (Wildman–Crippen LogP) is 8.05. The molecule has 0 aliphatic carbocycles. The molecule has 39 heavy (non-hydrogen) atoms. The first-order valence-electron chi connectivity index (χ1n) is 14.2. The Morgan fingerprint density at radius 3 is 2.41 bits per heavy atom. The average molecular weight is 536 g/mol. The standard InChI is InChI=1S/C22H21FO2.C12H25NO/c1-2-3-4-6-18-17-12-10-16(25)13-15(17)9-11-20(18)19-7-5-8-22(23)21(19)14-24;1-4-7-9-13(6-3)10-12-14-11-8-5-2/h3-5,7-13,24-25H,2,6,14H2,1H3;5,8H,4,6-7,9-12H2,1-3H3/b4-3+;8-5-. The molecule has 0 atom stereocenters. The molecular formula is C34H46FNO3. The lowest BCUT2D eigenvalue weighted by Crippen LogP contribution is -2.28. The molecular weight excluding hydrogens is 489 g/mol. The van der Waals surface area contributed by atoms with Gasteiger partial charge in [0.1, 0.15) is 11.6 Å². The van der Waals surface area contributed by atoms with Crippen LogP contribution in [0.5, 0.6) is 5.75 Å². The summed E-state index contributed by atoms with van der Waals surface area (Å²) in [6, 6.07) is 14.0. The number of aliphatic hydroxyl groups is 1. The summed E-state index contributed by atoms with van der Waals surface area (Å²) in [4.78, 5) is 2.44. The zero-order chi connectivity index (χ0) is 28.5. The molecule has 0 radical (unpaired) electrons. The third-order valence-corrected chi connectivity index (χ3v) is 6.68. The third kappa shape index (κ3) is 10.2. The lowest BCUT2D eigenvalue weighted by molar-refractivity contribution is 0.125. The van der Waals surface area contributed by atoms with Gasteiger partial charge in [0.15, 0.2) is 0 Å². The highest BCUT2D eigenvalue weighted by atomic mass is 19.1. The number of halogens is 1. The molecule has 5 heteroatoms. The first-order chi connectivity index (χ1) is 19.0. The average Bonchev–Trinajstić information content (AvgIpc) is 2.94. The number of nitrogens with zero attached hydrogens (tertiary/aromatic N) is 1. The number of fused-ring (bicyclic) bond motifs is 1. The summed E-state index contributed by atoms with van der Waals surface area (Å²) in [7, 11) is 0. The molecule has 0 aliphatic heterocycles. The van der Waals surface area contributed by atoms with Crippen molar-refractivity contribution >= 4 is 10.8 Å². The molecule has 3 rings (SSSR count). The molecule has 3 aromatic rings. The summed E-state index contributed by atoms with van der Waals surface area (Å²) < 4.78 is 19.6. The predicted molar refractivity (Wildman–Crippen MR) is 163 cm³/mol. The van der Waals surface area contributed by atoms with Crippen molar-refractivity contribution in [2.45, 2.75) is 60.0 Å². The van der Waals surface area contributed by atoms with Gasteiger partial charge in [0.25, 0.3) is 0 Å². The van der Waals surface area contributed by atoms with Gasteiger partial charge in [0.2, 0.25) is 0 Å². The molecule has 0 aliphatic rings. The summed E-state index contributed by atoms with van der Waals surface area (Å²) in [6.45, 7) is 13.2. The second-order valence-corrected chi connectivity index (χ2v) is 9.44. The summed E-state index contributed by atoms with van der Waals surface area (Å²) in [6.07, 6.45) is 12.5. The lowest BCUT2D eigenvalue weighted by atomic mass is 9.90. The first-order valence-corrected chi connectivity index (χ1v) is 14.2. The number of allylic oxidation sites excluding steroid dienone is 3. The van der Waals surface area contributed by atoms with E-state index >= 15 is 0 Å². The molecule has 0 bridgehead atoms.